The number of piperazine rings is 1. The van der Waals surface area contributed by atoms with Gasteiger partial charge in [-0.2, -0.15) is 0 Å². The third-order valence-electron chi connectivity index (χ3n) is 3.78. The third kappa shape index (κ3) is 3.65. The molecule has 1 aromatic rings. The van der Waals surface area contributed by atoms with Crippen LogP contribution in [-0.2, 0) is 4.79 Å². The van der Waals surface area contributed by atoms with Crippen molar-refractivity contribution in [2.75, 3.05) is 31.1 Å². The van der Waals surface area contributed by atoms with Gasteiger partial charge < -0.3 is 20.9 Å². The van der Waals surface area contributed by atoms with Crippen molar-refractivity contribution in [2.45, 2.75) is 19.9 Å². The molecule has 3 N–H and O–H groups in total. The number of nitrogens with two attached hydrogens (primary N) is 1. The Kier molecular flexibility index (Phi) is 4.67. The van der Waals surface area contributed by atoms with Crippen LogP contribution in [0.25, 0.3) is 0 Å². The Balaban J connectivity index is 1.93. The number of urea groups is 1. The van der Waals surface area contributed by atoms with Gasteiger partial charge in [-0.3, -0.25) is 4.79 Å². The van der Waals surface area contributed by atoms with Crippen molar-refractivity contribution in [1.82, 2.24) is 10.2 Å². The van der Waals surface area contributed by atoms with Crippen LogP contribution in [0.1, 0.15) is 12.5 Å². The number of carbonyl (C=O) groups excluding carboxylic acids is 2. The van der Waals surface area contributed by atoms with E-state index in [9.17, 15) is 9.59 Å². The van der Waals surface area contributed by atoms with Crippen LogP contribution < -0.4 is 16.0 Å². The molecule has 21 heavy (non-hydrogen) atoms. The van der Waals surface area contributed by atoms with Gasteiger partial charge in [-0.15, -0.1) is 0 Å². The van der Waals surface area contributed by atoms with E-state index in [-0.39, 0.29) is 5.91 Å². The number of nitrogens with one attached hydrogen (secondary N) is 1. The van der Waals surface area contributed by atoms with Crippen LogP contribution in [0, 0.1) is 6.92 Å². The van der Waals surface area contributed by atoms with Gasteiger partial charge in [-0.05, 0) is 25.5 Å². The SMILES string of the molecule is Cc1ccccc1N1CCN(C(=O)C(C)NC(N)=O)CC1. The number of amides is 3. The maximum atomic E-state index is 12.2. The predicted octanol–water partition coefficient (Wildman–Crippen LogP) is 0.700. The maximum absolute atomic E-state index is 12.2. The van der Waals surface area contributed by atoms with E-state index in [2.05, 4.69) is 29.3 Å². The summed E-state index contributed by atoms with van der Waals surface area (Å²) in [4.78, 5) is 27.0. The summed E-state index contributed by atoms with van der Waals surface area (Å²) in [6.45, 7) is 6.63. The highest BCUT2D eigenvalue weighted by molar-refractivity contribution is 5.86. The van der Waals surface area contributed by atoms with Crippen molar-refractivity contribution >= 4 is 17.6 Å². The molecule has 1 aliphatic rings. The average molecular weight is 290 g/mol. The summed E-state index contributed by atoms with van der Waals surface area (Å²) in [6.07, 6.45) is 0. The van der Waals surface area contributed by atoms with E-state index in [1.807, 2.05) is 12.1 Å². The smallest absolute Gasteiger partial charge is 0.312 e. The minimum atomic E-state index is -0.672. The lowest BCUT2D eigenvalue weighted by Crippen LogP contribution is -2.54. The van der Waals surface area contributed by atoms with Crippen molar-refractivity contribution in [2.24, 2.45) is 5.73 Å². The first-order chi connectivity index (χ1) is 9.99. The van der Waals surface area contributed by atoms with E-state index >= 15 is 0 Å². The molecule has 1 aliphatic heterocycles. The summed E-state index contributed by atoms with van der Waals surface area (Å²) in [5.74, 6) is -0.0850. The monoisotopic (exact) mass is 290 g/mol. The Morgan fingerprint density at radius 1 is 1.19 bits per heavy atom. The topological polar surface area (TPSA) is 78.7 Å². The lowest BCUT2D eigenvalue weighted by molar-refractivity contribution is -0.133. The molecule has 114 valence electrons. The summed E-state index contributed by atoms with van der Waals surface area (Å²) in [7, 11) is 0. The highest BCUT2D eigenvalue weighted by atomic mass is 16.2. The zero-order valence-electron chi connectivity index (χ0n) is 12.5. The lowest BCUT2D eigenvalue weighted by Gasteiger charge is -2.37. The number of nitrogens with zero attached hydrogens (tertiary/aromatic N) is 2. The number of aryl methyl sites for hydroxylation is 1. The molecule has 0 spiro atoms. The van der Waals surface area contributed by atoms with Gasteiger partial charge in [0.15, 0.2) is 0 Å². The van der Waals surface area contributed by atoms with Crippen LogP contribution in [0.4, 0.5) is 10.5 Å². The first kappa shape index (κ1) is 15.2. The second kappa shape index (κ2) is 6.47. The van der Waals surface area contributed by atoms with Gasteiger partial charge >= 0.3 is 6.03 Å². The number of benzene rings is 1. The van der Waals surface area contributed by atoms with E-state index in [0.29, 0.717) is 13.1 Å². The van der Waals surface area contributed by atoms with Gasteiger partial charge in [0.05, 0.1) is 0 Å². The molecule has 1 atom stereocenters. The first-order valence-electron chi connectivity index (χ1n) is 7.14. The predicted molar refractivity (Wildman–Crippen MR) is 82.2 cm³/mol. The molecule has 1 heterocycles. The third-order valence-corrected chi connectivity index (χ3v) is 3.78. The van der Waals surface area contributed by atoms with E-state index in [4.69, 9.17) is 5.73 Å². The molecule has 0 aromatic heterocycles. The highest BCUT2D eigenvalue weighted by Gasteiger charge is 2.25. The molecule has 2 rings (SSSR count). The lowest BCUT2D eigenvalue weighted by atomic mass is 10.1. The van der Waals surface area contributed by atoms with E-state index in [0.717, 1.165) is 13.1 Å². The summed E-state index contributed by atoms with van der Waals surface area (Å²) in [5.41, 5.74) is 7.50. The van der Waals surface area contributed by atoms with Crippen LogP contribution in [0.3, 0.4) is 0 Å². The van der Waals surface area contributed by atoms with Gasteiger partial charge in [0.1, 0.15) is 6.04 Å². The number of hydrogen-bond donors (Lipinski definition) is 2. The first-order valence-corrected chi connectivity index (χ1v) is 7.14. The van der Waals surface area contributed by atoms with Gasteiger partial charge in [-0.1, -0.05) is 18.2 Å². The Morgan fingerprint density at radius 2 is 1.81 bits per heavy atom. The van der Waals surface area contributed by atoms with Crippen molar-refractivity contribution in [1.29, 1.82) is 0 Å². The van der Waals surface area contributed by atoms with E-state index in [1.165, 1.54) is 11.3 Å². The zero-order valence-corrected chi connectivity index (χ0v) is 12.5. The van der Waals surface area contributed by atoms with Crippen molar-refractivity contribution in [3.05, 3.63) is 29.8 Å². The summed E-state index contributed by atoms with van der Waals surface area (Å²) < 4.78 is 0. The molecule has 1 saturated heterocycles. The molecule has 6 heteroatoms. The molecule has 0 saturated carbocycles. The zero-order chi connectivity index (χ0) is 15.4. The molecule has 3 amide bonds. The summed E-state index contributed by atoms with van der Waals surface area (Å²) in [5, 5.41) is 2.43. The normalized spacial score (nSPS) is 16.5. The minimum absolute atomic E-state index is 0.0850. The molecule has 0 bridgehead atoms. The van der Waals surface area contributed by atoms with Crippen LogP contribution in [-0.4, -0.2) is 49.1 Å². The number of para-hydroxylation sites is 1. The minimum Gasteiger partial charge on any atom is -0.368 e. The van der Waals surface area contributed by atoms with Crippen LogP contribution in [0.2, 0.25) is 0 Å². The fourth-order valence-corrected chi connectivity index (χ4v) is 2.63. The molecule has 0 aliphatic carbocycles. The Hall–Kier alpha value is -2.24. The number of primary amides is 1. The largest absolute Gasteiger partial charge is 0.368 e. The van der Waals surface area contributed by atoms with Crippen LogP contribution in [0.5, 0.6) is 0 Å². The second-order valence-corrected chi connectivity index (χ2v) is 5.33. The molecule has 1 unspecified atom stereocenters. The van der Waals surface area contributed by atoms with Gasteiger partial charge in [-0.25, -0.2) is 4.79 Å². The number of anilines is 1. The maximum Gasteiger partial charge on any atom is 0.312 e. The van der Waals surface area contributed by atoms with E-state index in [1.54, 1.807) is 11.8 Å². The Morgan fingerprint density at radius 3 is 2.38 bits per heavy atom. The summed E-state index contributed by atoms with van der Waals surface area (Å²) >= 11 is 0. The molecular formula is C15H22N4O2. The number of carbonyl (C=O) groups is 2. The van der Waals surface area contributed by atoms with Crippen LogP contribution >= 0.6 is 0 Å². The van der Waals surface area contributed by atoms with E-state index < -0.39 is 12.1 Å². The molecule has 6 nitrogen and oxygen atoms in total. The Bertz CT molecular complexity index is 524. The van der Waals surface area contributed by atoms with Crippen molar-refractivity contribution in [3.8, 4) is 0 Å². The molecule has 0 radical (unpaired) electrons. The fourth-order valence-electron chi connectivity index (χ4n) is 2.63. The van der Waals surface area contributed by atoms with Crippen molar-refractivity contribution < 1.29 is 9.59 Å². The molecule has 1 fully saturated rings. The standard InChI is InChI=1S/C15H22N4O2/c1-11-5-3-4-6-13(11)18-7-9-19(10-8-18)14(20)12(2)17-15(16)21/h3-6,12H,7-10H2,1-2H3,(H3,16,17,21). The number of rotatable bonds is 3. The Labute approximate surface area is 124 Å². The molecular weight excluding hydrogens is 268 g/mol. The summed E-state index contributed by atoms with van der Waals surface area (Å²) in [6, 6.07) is 6.99. The second-order valence-electron chi connectivity index (χ2n) is 5.33. The van der Waals surface area contributed by atoms with Gasteiger partial charge in [0.2, 0.25) is 5.91 Å². The highest BCUT2D eigenvalue weighted by Crippen LogP contribution is 2.20. The quantitative estimate of drug-likeness (QED) is 0.860. The van der Waals surface area contributed by atoms with Gasteiger partial charge in [0, 0.05) is 31.9 Å². The van der Waals surface area contributed by atoms with Crippen molar-refractivity contribution in [3.63, 3.8) is 0 Å². The van der Waals surface area contributed by atoms with Crippen LogP contribution in [0.15, 0.2) is 24.3 Å². The number of hydrogen-bond acceptors (Lipinski definition) is 3. The molecule has 1 aromatic carbocycles. The average Bonchev–Trinajstić information content (AvgIpc) is 2.46. The fraction of sp³-hybridized carbons (Fsp3) is 0.467. The van der Waals surface area contributed by atoms with Gasteiger partial charge in [0.25, 0.3) is 0 Å².